The highest BCUT2D eigenvalue weighted by atomic mass is 15.7. The summed E-state index contributed by atoms with van der Waals surface area (Å²) in [6.45, 7) is 4.15. The molecule has 0 amide bonds. The van der Waals surface area contributed by atoms with Gasteiger partial charge in [-0.25, -0.2) is 9.98 Å². The van der Waals surface area contributed by atoms with Gasteiger partial charge in [0.1, 0.15) is 0 Å². The molecular weight excluding hydrogens is 272 g/mol. The van der Waals surface area contributed by atoms with E-state index >= 15 is 0 Å². The Balaban J connectivity index is 1.92. The molecule has 1 aliphatic heterocycles. The molecule has 0 spiro atoms. The van der Waals surface area contributed by atoms with Gasteiger partial charge in [0.25, 0.3) is 0 Å². The SMILES string of the molecule is Cc1ccc(N=C2C(=Nc3ccc(C)cc3)N(C)N2C)cc1. The van der Waals surface area contributed by atoms with Crippen molar-refractivity contribution >= 4 is 23.0 Å². The van der Waals surface area contributed by atoms with Crippen molar-refractivity contribution < 1.29 is 0 Å². The van der Waals surface area contributed by atoms with Crippen LogP contribution in [0.25, 0.3) is 0 Å². The summed E-state index contributed by atoms with van der Waals surface area (Å²) in [5, 5.41) is 3.99. The summed E-state index contributed by atoms with van der Waals surface area (Å²) in [6.07, 6.45) is 0. The standard InChI is InChI=1S/C18H20N4/c1-13-5-9-15(10-6-13)19-17-18(22(4)21(17)3)20-16-11-7-14(2)8-12-16/h5-12H,1-4H3. The second kappa shape index (κ2) is 5.64. The zero-order chi connectivity index (χ0) is 15.7. The van der Waals surface area contributed by atoms with Gasteiger partial charge in [-0.15, -0.1) is 0 Å². The lowest BCUT2D eigenvalue weighted by atomic mass is 10.2. The lowest BCUT2D eigenvalue weighted by Crippen LogP contribution is -2.62. The molecule has 1 saturated heterocycles. The molecule has 0 aromatic heterocycles. The smallest absolute Gasteiger partial charge is 0.193 e. The summed E-state index contributed by atoms with van der Waals surface area (Å²) in [5.74, 6) is 1.76. The van der Waals surface area contributed by atoms with Crippen LogP contribution in [0.1, 0.15) is 11.1 Å². The highest BCUT2D eigenvalue weighted by molar-refractivity contribution is 6.45. The number of hydrogen-bond donors (Lipinski definition) is 0. The van der Waals surface area contributed by atoms with Crippen molar-refractivity contribution in [2.75, 3.05) is 14.1 Å². The minimum atomic E-state index is 0.881. The molecule has 2 aromatic carbocycles. The quantitative estimate of drug-likeness (QED) is 0.841. The molecule has 0 atom stereocenters. The lowest BCUT2D eigenvalue weighted by molar-refractivity contribution is 0.173. The van der Waals surface area contributed by atoms with Crippen molar-refractivity contribution in [2.24, 2.45) is 9.98 Å². The van der Waals surface area contributed by atoms with E-state index in [4.69, 9.17) is 9.98 Å². The molecular formula is C18H20N4. The summed E-state index contributed by atoms with van der Waals surface area (Å²) >= 11 is 0. The molecule has 4 nitrogen and oxygen atoms in total. The van der Waals surface area contributed by atoms with Crippen LogP contribution >= 0.6 is 0 Å². The van der Waals surface area contributed by atoms with Crippen LogP contribution in [-0.4, -0.2) is 35.8 Å². The maximum atomic E-state index is 4.70. The van der Waals surface area contributed by atoms with Crippen molar-refractivity contribution in [3.05, 3.63) is 59.7 Å². The Kier molecular flexibility index (Phi) is 3.67. The summed E-state index contributed by atoms with van der Waals surface area (Å²) in [5.41, 5.74) is 4.35. The fraction of sp³-hybridized carbons (Fsp3) is 0.222. The number of hydrazine groups is 1. The molecule has 0 unspecified atom stereocenters. The number of benzene rings is 2. The Morgan fingerprint density at radius 1 is 0.591 bits per heavy atom. The normalized spacial score (nSPS) is 18.0. The highest BCUT2D eigenvalue weighted by Gasteiger charge is 2.33. The van der Waals surface area contributed by atoms with Crippen LogP contribution in [0.5, 0.6) is 0 Å². The summed E-state index contributed by atoms with van der Waals surface area (Å²) in [6, 6.07) is 16.4. The fourth-order valence-corrected chi connectivity index (χ4v) is 2.26. The minimum absolute atomic E-state index is 0.881. The molecule has 1 heterocycles. The number of amidine groups is 2. The summed E-state index contributed by atoms with van der Waals surface area (Å²) in [7, 11) is 3.97. The molecule has 112 valence electrons. The Morgan fingerprint density at radius 2 is 0.909 bits per heavy atom. The van der Waals surface area contributed by atoms with E-state index in [9.17, 15) is 0 Å². The van der Waals surface area contributed by atoms with E-state index < -0.39 is 0 Å². The van der Waals surface area contributed by atoms with E-state index in [0.717, 1.165) is 23.0 Å². The van der Waals surface area contributed by atoms with Crippen LogP contribution in [0.3, 0.4) is 0 Å². The zero-order valence-corrected chi connectivity index (χ0v) is 13.4. The van der Waals surface area contributed by atoms with Crippen LogP contribution < -0.4 is 0 Å². The van der Waals surface area contributed by atoms with Crippen LogP contribution in [0.2, 0.25) is 0 Å². The second-order valence-corrected chi connectivity index (χ2v) is 5.59. The molecule has 0 aliphatic carbocycles. The number of aryl methyl sites for hydroxylation is 2. The average molecular weight is 292 g/mol. The molecule has 1 fully saturated rings. The molecule has 0 bridgehead atoms. The first-order valence-electron chi connectivity index (χ1n) is 7.33. The van der Waals surface area contributed by atoms with Gasteiger partial charge in [-0.3, -0.25) is 10.0 Å². The highest BCUT2D eigenvalue weighted by Crippen LogP contribution is 2.22. The number of rotatable bonds is 2. The summed E-state index contributed by atoms with van der Waals surface area (Å²) < 4.78 is 0. The molecule has 0 saturated carbocycles. The molecule has 0 radical (unpaired) electrons. The van der Waals surface area contributed by atoms with Gasteiger partial charge in [-0.1, -0.05) is 35.4 Å². The van der Waals surface area contributed by atoms with Gasteiger partial charge in [-0.05, 0) is 38.1 Å². The zero-order valence-electron chi connectivity index (χ0n) is 13.4. The van der Waals surface area contributed by atoms with E-state index in [2.05, 4.69) is 38.1 Å². The van der Waals surface area contributed by atoms with E-state index in [1.54, 1.807) is 0 Å². The monoisotopic (exact) mass is 292 g/mol. The maximum absolute atomic E-state index is 4.70. The van der Waals surface area contributed by atoms with Crippen LogP contribution in [-0.2, 0) is 0 Å². The van der Waals surface area contributed by atoms with Crippen LogP contribution in [0.4, 0.5) is 11.4 Å². The van der Waals surface area contributed by atoms with Gasteiger partial charge in [0.05, 0.1) is 11.4 Å². The molecule has 0 N–H and O–H groups in total. The van der Waals surface area contributed by atoms with Crippen molar-refractivity contribution in [3.63, 3.8) is 0 Å². The van der Waals surface area contributed by atoms with E-state index in [-0.39, 0.29) is 0 Å². The maximum Gasteiger partial charge on any atom is 0.193 e. The van der Waals surface area contributed by atoms with Gasteiger partial charge < -0.3 is 0 Å². The van der Waals surface area contributed by atoms with Gasteiger partial charge >= 0.3 is 0 Å². The van der Waals surface area contributed by atoms with Crippen molar-refractivity contribution in [1.29, 1.82) is 0 Å². The van der Waals surface area contributed by atoms with E-state index in [1.807, 2.05) is 48.4 Å². The molecule has 1 aliphatic rings. The summed E-state index contributed by atoms with van der Waals surface area (Å²) in [4.78, 5) is 9.40. The molecule has 3 rings (SSSR count). The van der Waals surface area contributed by atoms with E-state index in [0.29, 0.717) is 0 Å². The van der Waals surface area contributed by atoms with Crippen molar-refractivity contribution in [3.8, 4) is 0 Å². The molecule has 22 heavy (non-hydrogen) atoms. The van der Waals surface area contributed by atoms with Gasteiger partial charge in [0.2, 0.25) is 0 Å². The molecule has 2 aromatic rings. The van der Waals surface area contributed by atoms with Gasteiger partial charge in [-0.2, -0.15) is 0 Å². The number of likely N-dealkylation sites (N-methyl/N-ethyl adjacent to an activating group) is 2. The van der Waals surface area contributed by atoms with Crippen molar-refractivity contribution in [1.82, 2.24) is 10.0 Å². The Morgan fingerprint density at radius 3 is 1.23 bits per heavy atom. The molecule has 4 heteroatoms. The van der Waals surface area contributed by atoms with Gasteiger partial charge in [0.15, 0.2) is 11.7 Å². The average Bonchev–Trinajstić information content (AvgIpc) is 2.54. The van der Waals surface area contributed by atoms with Crippen molar-refractivity contribution in [2.45, 2.75) is 13.8 Å². The second-order valence-electron chi connectivity index (χ2n) is 5.59. The lowest BCUT2D eigenvalue weighted by Gasteiger charge is -2.43. The van der Waals surface area contributed by atoms with E-state index in [1.165, 1.54) is 11.1 Å². The Bertz CT molecular complexity index is 661. The van der Waals surface area contributed by atoms with Crippen LogP contribution in [0.15, 0.2) is 58.5 Å². The third-order valence-corrected chi connectivity index (χ3v) is 3.80. The number of hydrogen-bond acceptors (Lipinski definition) is 2. The topological polar surface area (TPSA) is 31.2 Å². The Hall–Kier alpha value is -2.62. The number of aliphatic imine (C=N–C) groups is 2. The first-order chi connectivity index (χ1) is 10.5. The first kappa shape index (κ1) is 14.3. The largest absolute Gasteiger partial charge is 0.267 e. The van der Waals surface area contributed by atoms with Crippen LogP contribution in [0, 0.1) is 13.8 Å². The minimum Gasteiger partial charge on any atom is -0.267 e. The third-order valence-electron chi connectivity index (χ3n) is 3.80. The predicted molar refractivity (Wildman–Crippen MR) is 92.1 cm³/mol. The van der Waals surface area contributed by atoms with Gasteiger partial charge in [0, 0.05) is 14.1 Å². The predicted octanol–water partition coefficient (Wildman–Crippen LogP) is 3.86. The number of nitrogens with zero attached hydrogens (tertiary/aromatic N) is 4. The Labute approximate surface area is 131 Å². The fourth-order valence-electron chi connectivity index (χ4n) is 2.26. The third kappa shape index (κ3) is 2.72. The first-order valence-corrected chi connectivity index (χ1v) is 7.33.